The third-order valence-corrected chi connectivity index (χ3v) is 5.81. The van der Waals surface area contributed by atoms with Crippen molar-refractivity contribution in [3.63, 3.8) is 0 Å². The largest absolute Gasteiger partial charge is 0.390 e. The first-order valence-electron chi connectivity index (χ1n) is 10.7. The molecule has 0 atom stereocenters. The van der Waals surface area contributed by atoms with Gasteiger partial charge in [-0.25, -0.2) is 14.1 Å². The van der Waals surface area contributed by atoms with Gasteiger partial charge in [-0.1, -0.05) is 0 Å². The first kappa shape index (κ1) is 20.6. The number of hydrogen-bond donors (Lipinski definition) is 2. The minimum atomic E-state index is -0.548. The molecule has 0 aliphatic carbocycles. The number of halogens is 1. The summed E-state index contributed by atoms with van der Waals surface area (Å²) in [6, 6.07) is 8.49. The third-order valence-electron chi connectivity index (χ3n) is 5.81. The SMILES string of the molecule is Cc1nn(-c2nc(Nc3ccc4c(ccn4C(C)C)c3)ncc2F)cc1CN1CC(O)C1. The number of fused-ring (bicyclic) bond motifs is 1. The summed E-state index contributed by atoms with van der Waals surface area (Å²) >= 11 is 0. The number of nitrogens with zero attached hydrogens (tertiary/aromatic N) is 6. The number of aliphatic hydroxyl groups is 1. The van der Waals surface area contributed by atoms with Gasteiger partial charge in [0.2, 0.25) is 5.95 Å². The van der Waals surface area contributed by atoms with Gasteiger partial charge in [0.05, 0.1) is 18.0 Å². The number of aliphatic hydroxyl groups excluding tert-OH is 1. The number of likely N-dealkylation sites (tertiary alicyclic amines) is 1. The summed E-state index contributed by atoms with van der Waals surface area (Å²) in [5, 5.41) is 18.2. The van der Waals surface area contributed by atoms with Gasteiger partial charge in [-0.05, 0) is 45.0 Å². The second-order valence-corrected chi connectivity index (χ2v) is 8.61. The number of nitrogens with one attached hydrogen (secondary N) is 1. The molecule has 1 aromatic carbocycles. The van der Waals surface area contributed by atoms with Crippen LogP contribution in [0.1, 0.15) is 31.1 Å². The Kier molecular flexibility index (Phi) is 5.15. The van der Waals surface area contributed by atoms with Crippen molar-refractivity contribution < 1.29 is 9.50 Å². The Morgan fingerprint density at radius 2 is 2.06 bits per heavy atom. The van der Waals surface area contributed by atoms with Crippen LogP contribution < -0.4 is 5.32 Å². The summed E-state index contributed by atoms with van der Waals surface area (Å²) in [7, 11) is 0. The first-order chi connectivity index (χ1) is 15.4. The number of hydrogen-bond acceptors (Lipinski definition) is 6. The van der Waals surface area contributed by atoms with Gasteiger partial charge in [-0.3, -0.25) is 4.90 Å². The maximum Gasteiger partial charge on any atom is 0.229 e. The Bertz CT molecular complexity index is 1270. The van der Waals surface area contributed by atoms with Crippen LogP contribution in [-0.2, 0) is 6.54 Å². The van der Waals surface area contributed by atoms with E-state index in [-0.39, 0.29) is 11.9 Å². The van der Waals surface area contributed by atoms with Gasteiger partial charge in [-0.15, -0.1) is 0 Å². The van der Waals surface area contributed by atoms with Crippen LogP contribution in [0.2, 0.25) is 0 Å². The molecule has 5 rings (SSSR count). The van der Waals surface area contributed by atoms with Crippen LogP contribution in [0.25, 0.3) is 16.7 Å². The molecule has 0 saturated carbocycles. The van der Waals surface area contributed by atoms with Crippen molar-refractivity contribution in [1.82, 2.24) is 29.2 Å². The van der Waals surface area contributed by atoms with Crippen molar-refractivity contribution in [3.05, 3.63) is 59.9 Å². The highest BCUT2D eigenvalue weighted by Crippen LogP contribution is 2.25. The predicted molar refractivity (Wildman–Crippen MR) is 121 cm³/mol. The van der Waals surface area contributed by atoms with Gasteiger partial charge in [0.1, 0.15) is 0 Å². The quantitative estimate of drug-likeness (QED) is 0.482. The molecule has 4 heterocycles. The molecular weight excluding hydrogens is 409 g/mol. The Balaban J connectivity index is 1.39. The molecule has 0 spiro atoms. The Labute approximate surface area is 185 Å². The fraction of sp³-hybridized carbons (Fsp3) is 0.348. The number of aryl methyl sites for hydroxylation is 1. The Morgan fingerprint density at radius 1 is 1.25 bits per heavy atom. The maximum atomic E-state index is 14.6. The Morgan fingerprint density at radius 3 is 2.81 bits per heavy atom. The molecule has 1 fully saturated rings. The minimum Gasteiger partial charge on any atom is -0.390 e. The second kappa shape index (κ2) is 7.99. The standard InChI is InChI=1S/C23H26FN7O/c1-14(2)30-7-6-16-8-18(4-5-21(16)30)26-23-25-9-20(24)22(27-23)31-11-17(15(3)28-31)10-29-12-19(32)13-29/h4-9,11,14,19,32H,10,12-13H2,1-3H3,(H,25,26,27). The molecule has 0 amide bonds. The summed E-state index contributed by atoms with van der Waals surface area (Å²) in [4.78, 5) is 10.6. The van der Waals surface area contributed by atoms with E-state index in [9.17, 15) is 9.50 Å². The summed E-state index contributed by atoms with van der Waals surface area (Å²) in [6.45, 7) is 8.14. The minimum absolute atomic E-state index is 0.0903. The zero-order valence-corrected chi connectivity index (χ0v) is 18.3. The van der Waals surface area contributed by atoms with E-state index in [1.807, 2.05) is 19.1 Å². The Hall–Kier alpha value is -3.30. The predicted octanol–water partition coefficient (Wildman–Crippen LogP) is 3.57. The number of aromatic nitrogens is 5. The van der Waals surface area contributed by atoms with Crippen LogP contribution in [0.5, 0.6) is 0 Å². The van der Waals surface area contributed by atoms with Gasteiger partial charge in [0, 0.05) is 60.2 Å². The van der Waals surface area contributed by atoms with Crippen molar-refractivity contribution in [2.75, 3.05) is 18.4 Å². The van der Waals surface area contributed by atoms with E-state index in [2.05, 4.69) is 62.0 Å². The summed E-state index contributed by atoms with van der Waals surface area (Å²) in [5.41, 5.74) is 3.76. The van der Waals surface area contributed by atoms with Crippen LogP contribution in [0.15, 0.2) is 42.9 Å². The fourth-order valence-corrected chi connectivity index (χ4v) is 4.07. The number of β-amino-alcohol motifs (C(OH)–C–C–N with tert-alkyl or cyclic N) is 1. The third kappa shape index (κ3) is 3.85. The second-order valence-electron chi connectivity index (χ2n) is 8.61. The maximum absolute atomic E-state index is 14.6. The summed E-state index contributed by atoms with van der Waals surface area (Å²) in [5.74, 6) is -0.162. The van der Waals surface area contributed by atoms with Gasteiger partial charge in [0.25, 0.3) is 0 Å². The molecule has 1 aliphatic heterocycles. The lowest BCUT2D eigenvalue weighted by molar-refractivity contribution is -0.00297. The van der Waals surface area contributed by atoms with Gasteiger partial charge < -0.3 is 15.0 Å². The van der Waals surface area contributed by atoms with Gasteiger partial charge >= 0.3 is 0 Å². The van der Waals surface area contributed by atoms with Gasteiger partial charge in [-0.2, -0.15) is 10.1 Å². The van der Waals surface area contributed by atoms with Crippen LogP contribution in [0.3, 0.4) is 0 Å². The van der Waals surface area contributed by atoms with E-state index in [1.165, 1.54) is 4.68 Å². The lowest BCUT2D eigenvalue weighted by Crippen LogP contribution is -2.49. The zero-order valence-electron chi connectivity index (χ0n) is 18.3. The molecule has 8 nitrogen and oxygen atoms in total. The lowest BCUT2D eigenvalue weighted by atomic mass is 10.1. The molecule has 0 bridgehead atoms. The fourth-order valence-electron chi connectivity index (χ4n) is 4.07. The highest BCUT2D eigenvalue weighted by molar-refractivity contribution is 5.84. The molecular formula is C23H26FN7O. The first-order valence-corrected chi connectivity index (χ1v) is 10.7. The van der Waals surface area contributed by atoms with Crippen molar-refractivity contribution >= 4 is 22.5 Å². The van der Waals surface area contributed by atoms with E-state index >= 15 is 0 Å². The number of anilines is 2. The molecule has 166 valence electrons. The van der Waals surface area contributed by atoms with E-state index in [0.29, 0.717) is 31.6 Å². The molecule has 32 heavy (non-hydrogen) atoms. The number of benzene rings is 1. The molecule has 0 radical (unpaired) electrons. The number of rotatable bonds is 6. The van der Waals surface area contributed by atoms with E-state index in [1.54, 1.807) is 6.20 Å². The topological polar surface area (TPSA) is 84.0 Å². The van der Waals surface area contributed by atoms with Crippen molar-refractivity contribution in [2.45, 2.75) is 39.5 Å². The monoisotopic (exact) mass is 435 g/mol. The van der Waals surface area contributed by atoms with Crippen molar-refractivity contribution in [1.29, 1.82) is 0 Å². The molecule has 4 aromatic rings. The van der Waals surface area contributed by atoms with Crippen LogP contribution in [-0.4, -0.2) is 53.5 Å². The molecule has 9 heteroatoms. The summed E-state index contributed by atoms with van der Waals surface area (Å²) in [6.07, 6.45) is 4.75. The lowest BCUT2D eigenvalue weighted by Gasteiger charge is -2.35. The highest BCUT2D eigenvalue weighted by atomic mass is 19.1. The molecule has 1 aliphatic rings. The van der Waals surface area contributed by atoms with Crippen LogP contribution >= 0.6 is 0 Å². The van der Waals surface area contributed by atoms with Crippen LogP contribution in [0, 0.1) is 12.7 Å². The van der Waals surface area contributed by atoms with E-state index < -0.39 is 5.82 Å². The molecule has 3 aromatic heterocycles. The van der Waals surface area contributed by atoms with Crippen molar-refractivity contribution in [2.24, 2.45) is 0 Å². The zero-order chi connectivity index (χ0) is 22.4. The molecule has 0 unspecified atom stereocenters. The molecule has 2 N–H and O–H groups in total. The van der Waals surface area contributed by atoms with E-state index in [4.69, 9.17) is 0 Å². The smallest absolute Gasteiger partial charge is 0.229 e. The normalized spacial score (nSPS) is 14.9. The average molecular weight is 436 g/mol. The average Bonchev–Trinajstić information content (AvgIpc) is 3.31. The highest BCUT2D eigenvalue weighted by Gasteiger charge is 2.25. The summed E-state index contributed by atoms with van der Waals surface area (Å²) < 4.78 is 18.2. The van der Waals surface area contributed by atoms with Gasteiger partial charge in [0.15, 0.2) is 11.6 Å². The molecule has 1 saturated heterocycles. The van der Waals surface area contributed by atoms with E-state index in [0.717, 1.165) is 34.0 Å². The van der Waals surface area contributed by atoms with Crippen LogP contribution in [0.4, 0.5) is 16.0 Å². The van der Waals surface area contributed by atoms with Crippen molar-refractivity contribution in [3.8, 4) is 5.82 Å².